The highest BCUT2D eigenvalue weighted by atomic mass is 16.2. The maximum absolute atomic E-state index is 12.1. The first-order valence-corrected chi connectivity index (χ1v) is 8.53. The van der Waals surface area contributed by atoms with Crippen molar-refractivity contribution >= 4 is 5.91 Å². The van der Waals surface area contributed by atoms with Crippen LogP contribution in [0.4, 0.5) is 0 Å². The highest BCUT2D eigenvalue weighted by molar-refractivity contribution is 5.78. The normalized spacial score (nSPS) is 18.5. The van der Waals surface area contributed by atoms with Crippen LogP contribution in [0.15, 0.2) is 42.7 Å². The first-order chi connectivity index (χ1) is 11.7. The summed E-state index contributed by atoms with van der Waals surface area (Å²) in [6, 6.07) is 10.4. The van der Waals surface area contributed by atoms with Crippen LogP contribution in [-0.2, 0) is 11.2 Å². The fraction of sp³-hybridized carbons (Fsp3) is 0.444. The summed E-state index contributed by atoms with van der Waals surface area (Å²) in [5.74, 6) is 0.0965. The molecule has 1 saturated heterocycles. The zero-order valence-electron chi connectivity index (χ0n) is 14.1. The second-order valence-corrected chi connectivity index (χ2v) is 6.25. The number of para-hydroxylation sites is 1. The van der Waals surface area contributed by atoms with Gasteiger partial charge in [-0.3, -0.25) is 9.69 Å². The number of nitrogens with zero attached hydrogens (tertiary/aromatic N) is 3. The van der Waals surface area contributed by atoms with E-state index in [1.807, 2.05) is 47.4 Å². The van der Waals surface area contributed by atoms with Crippen LogP contribution in [-0.4, -0.2) is 59.4 Å². The van der Waals surface area contributed by atoms with Gasteiger partial charge in [-0.15, -0.1) is 0 Å². The number of hydrogen-bond donors (Lipinski definition) is 2. The molecule has 1 fully saturated rings. The van der Waals surface area contributed by atoms with Gasteiger partial charge in [0.15, 0.2) is 0 Å². The predicted octanol–water partition coefficient (Wildman–Crippen LogP) is 0.825. The molecule has 1 atom stereocenters. The van der Waals surface area contributed by atoms with Crippen LogP contribution >= 0.6 is 0 Å². The van der Waals surface area contributed by atoms with Crippen molar-refractivity contribution in [1.29, 1.82) is 0 Å². The van der Waals surface area contributed by atoms with Gasteiger partial charge in [0.2, 0.25) is 5.91 Å². The summed E-state index contributed by atoms with van der Waals surface area (Å²) in [6.45, 7) is 6.10. The van der Waals surface area contributed by atoms with Gasteiger partial charge >= 0.3 is 0 Å². The smallest absolute Gasteiger partial charge is 0.234 e. The van der Waals surface area contributed by atoms with Crippen molar-refractivity contribution in [2.45, 2.75) is 19.4 Å². The minimum atomic E-state index is 0.0965. The van der Waals surface area contributed by atoms with Gasteiger partial charge in [0.05, 0.1) is 18.4 Å². The molecule has 0 saturated carbocycles. The number of nitrogens with one attached hydrogen (secondary N) is 2. The average Bonchev–Trinajstić information content (AvgIpc) is 3.07. The Morgan fingerprint density at radius 1 is 1.38 bits per heavy atom. The van der Waals surface area contributed by atoms with E-state index in [4.69, 9.17) is 0 Å². The van der Waals surface area contributed by atoms with Crippen LogP contribution < -0.4 is 10.6 Å². The number of rotatable bonds is 6. The number of carbonyl (C=O) groups is 1. The van der Waals surface area contributed by atoms with E-state index in [1.54, 1.807) is 0 Å². The summed E-state index contributed by atoms with van der Waals surface area (Å²) in [7, 11) is 0. The molecule has 6 nitrogen and oxygen atoms in total. The molecule has 1 aliphatic rings. The monoisotopic (exact) mass is 327 g/mol. The Hall–Kier alpha value is -2.18. The number of aromatic nitrogens is 2. The summed E-state index contributed by atoms with van der Waals surface area (Å²) >= 11 is 0. The van der Waals surface area contributed by atoms with Crippen LogP contribution in [0.1, 0.15) is 12.5 Å². The maximum atomic E-state index is 12.1. The Morgan fingerprint density at radius 2 is 2.21 bits per heavy atom. The molecule has 1 aromatic heterocycles. The maximum Gasteiger partial charge on any atom is 0.234 e. The topological polar surface area (TPSA) is 62.2 Å². The molecule has 2 heterocycles. The van der Waals surface area contributed by atoms with Crippen molar-refractivity contribution < 1.29 is 4.79 Å². The molecular weight excluding hydrogens is 302 g/mol. The Labute approximate surface area is 142 Å². The van der Waals surface area contributed by atoms with Crippen LogP contribution in [0.3, 0.4) is 0 Å². The summed E-state index contributed by atoms with van der Waals surface area (Å²) < 4.78 is 1.86. The van der Waals surface area contributed by atoms with Crippen molar-refractivity contribution in [2.75, 3.05) is 32.7 Å². The highest BCUT2D eigenvalue weighted by Gasteiger charge is 2.19. The van der Waals surface area contributed by atoms with Crippen molar-refractivity contribution in [3.8, 4) is 5.69 Å². The van der Waals surface area contributed by atoms with Crippen molar-refractivity contribution in [3.63, 3.8) is 0 Å². The SMILES string of the molecule is C[C@@H]1CNCCN1CC(=O)NCCc1cnn(-c2ccccc2)c1. The number of amides is 1. The van der Waals surface area contributed by atoms with Crippen LogP contribution in [0.5, 0.6) is 0 Å². The van der Waals surface area contributed by atoms with Crippen LogP contribution in [0.2, 0.25) is 0 Å². The largest absolute Gasteiger partial charge is 0.355 e. The minimum Gasteiger partial charge on any atom is -0.355 e. The first-order valence-electron chi connectivity index (χ1n) is 8.53. The van der Waals surface area contributed by atoms with Gasteiger partial charge in [-0.2, -0.15) is 5.10 Å². The molecule has 0 bridgehead atoms. The Morgan fingerprint density at radius 3 is 3.00 bits per heavy atom. The number of hydrogen-bond acceptors (Lipinski definition) is 4. The van der Waals surface area contributed by atoms with Crippen LogP contribution in [0, 0.1) is 0 Å². The van der Waals surface area contributed by atoms with Gasteiger partial charge in [-0.25, -0.2) is 4.68 Å². The zero-order chi connectivity index (χ0) is 16.8. The molecule has 0 aliphatic carbocycles. The van der Waals surface area contributed by atoms with E-state index in [1.165, 1.54) is 0 Å². The fourth-order valence-electron chi connectivity index (χ4n) is 2.92. The predicted molar refractivity (Wildman–Crippen MR) is 94.2 cm³/mol. The Kier molecular flexibility index (Phi) is 5.61. The second kappa shape index (κ2) is 8.08. The molecule has 24 heavy (non-hydrogen) atoms. The molecular formula is C18H25N5O. The van der Waals surface area contributed by atoms with E-state index < -0.39 is 0 Å². The Bertz CT molecular complexity index is 654. The molecule has 0 spiro atoms. The van der Waals surface area contributed by atoms with E-state index in [-0.39, 0.29) is 5.91 Å². The van der Waals surface area contributed by atoms with E-state index in [0.29, 0.717) is 19.1 Å². The van der Waals surface area contributed by atoms with E-state index >= 15 is 0 Å². The van der Waals surface area contributed by atoms with E-state index in [0.717, 1.165) is 37.3 Å². The summed E-state index contributed by atoms with van der Waals surface area (Å²) in [6.07, 6.45) is 4.66. The lowest BCUT2D eigenvalue weighted by Crippen LogP contribution is -2.52. The van der Waals surface area contributed by atoms with Gasteiger partial charge in [-0.1, -0.05) is 18.2 Å². The van der Waals surface area contributed by atoms with Crippen LogP contribution in [0.25, 0.3) is 5.69 Å². The molecule has 1 aromatic carbocycles. The van der Waals surface area contributed by atoms with Crippen molar-refractivity contribution in [2.24, 2.45) is 0 Å². The van der Waals surface area contributed by atoms with Crippen molar-refractivity contribution in [1.82, 2.24) is 25.3 Å². The molecule has 3 rings (SSSR count). The quantitative estimate of drug-likeness (QED) is 0.825. The number of carbonyl (C=O) groups excluding carboxylic acids is 1. The molecule has 0 unspecified atom stereocenters. The van der Waals surface area contributed by atoms with Gasteiger partial charge < -0.3 is 10.6 Å². The highest BCUT2D eigenvalue weighted by Crippen LogP contribution is 2.07. The lowest BCUT2D eigenvalue weighted by Gasteiger charge is -2.33. The summed E-state index contributed by atoms with van der Waals surface area (Å²) in [5.41, 5.74) is 2.16. The molecule has 0 radical (unpaired) electrons. The third kappa shape index (κ3) is 4.43. The summed E-state index contributed by atoms with van der Waals surface area (Å²) in [4.78, 5) is 14.3. The number of benzene rings is 1. The number of piperazine rings is 1. The lowest BCUT2D eigenvalue weighted by atomic mass is 10.2. The Balaban J connectivity index is 1.43. The molecule has 128 valence electrons. The average molecular weight is 327 g/mol. The molecule has 2 aromatic rings. The van der Waals surface area contributed by atoms with E-state index in [2.05, 4.69) is 27.6 Å². The molecule has 1 aliphatic heterocycles. The first kappa shape index (κ1) is 16.7. The van der Waals surface area contributed by atoms with Gasteiger partial charge in [0.1, 0.15) is 0 Å². The van der Waals surface area contributed by atoms with Crippen molar-refractivity contribution in [3.05, 3.63) is 48.3 Å². The lowest BCUT2D eigenvalue weighted by molar-refractivity contribution is -0.122. The zero-order valence-corrected chi connectivity index (χ0v) is 14.1. The fourth-order valence-corrected chi connectivity index (χ4v) is 2.92. The molecule has 1 amide bonds. The second-order valence-electron chi connectivity index (χ2n) is 6.25. The minimum absolute atomic E-state index is 0.0965. The van der Waals surface area contributed by atoms with E-state index in [9.17, 15) is 4.79 Å². The van der Waals surface area contributed by atoms with Gasteiger partial charge in [-0.05, 0) is 31.0 Å². The standard InChI is InChI=1S/C18H25N5O/c1-15-11-19-9-10-22(15)14-18(24)20-8-7-16-12-21-23(13-16)17-5-3-2-4-6-17/h2-6,12-13,15,19H,7-11,14H2,1H3,(H,20,24)/t15-/m1/s1. The third-order valence-corrected chi connectivity index (χ3v) is 4.38. The van der Waals surface area contributed by atoms with Gasteiger partial charge in [0.25, 0.3) is 0 Å². The van der Waals surface area contributed by atoms with Gasteiger partial charge in [0, 0.05) is 38.4 Å². The summed E-state index contributed by atoms with van der Waals surface area (Å²) in [5, 5.41) is 10.7. The third-order valence-electron chi connectivity index (χ3n) is 4.38. The molecule has 2 N–H and O–H groups in total. The molecule has 6 heteroatoms.